The molecule has 21 heavy (non-hydrogen) atoms. The molecule has 0 saturated carbocycles. The number of ketones is 2. The molecular weight excluding hydrogens is 321 g/mol. The maximum absolute atomic E-state index is 11.9. The minimum absolute atomic E-state index is 0. The van der Waals surface area contributed by atoms with Crippen molar-refractivity contribution in [1.29, 1.82) is 5.26 Å². The Balaban J connectivity index is 0.00000400. The van der Waals surface area contributed by atoms with Crippen molar-refractivity contribution in [1.82, 2.24) is 0 Å². The molecule has 0 aliphatic heterocycles. The van der Waals surface area contributed by atoms with Gasteiger partial charge in [0.25, 0.3) is 5.78 Å². The van der Waals surface area contributed by atoms with Gasteiger partial charge in [0, 0.05) is 23.4 Å². The van der Waals surface area contributed by atoms with Crippen LogP contribution in [-0.2, 0) is 40.4 Å². The molecule has 1 aromatic carbocycles. The number of hydrogen-bond acceptors (Lipinski definition) is 6. The molecule has 0 heterocycles. The van der Waals surface area contributed by atoms with Crippen molar-refractivity contribution in [2.75, 3.05) is 0 Å². The molecule has 1 rings (SSSR count). The van der Waals surface area contributed by atoms with E-state index >= 15 is 0 Å². The summed E-state index contributed by atoms with van der Waals surface area (Å²) in [5, 5.41) is 8.68. The topological polar surface area (TPSA) is 101 Å². The summed E-state index contributed by atoms with van der Waals surface area (Å²) in [6.07, 6.45) is 0. The normalized spacial score (nSPS) is 10.5. The molecule has 0 amide bonds. The second-order valence-electron chi connectivity index (χ2n) is 4.02. The van der Waals surface area contributed by atoms with E-state index in [1.807, 2.05) is 6.07 Å². The molecule has 1 atom stereocenters. The van der Waals surface area contributed by atoms with Gasteiger partial charge in [0.15, 0.2) is 0 Å². The molecule has 0 aliphatic rings. The van der Waals surface area contributed by atoms with Crippen molar-refractivity contribution in [3.05, 3.63) is 35.4 Å². The second kappa shape index (κ2) is 8.08. The maximum Gasteiger partial charge on any atom is 0.383 e. The van der Waals surface area contributed by atoms with Crippen molar-refractivity contribution in [3.63, 3.8) is 0 Å². The average Bonchev–Trinajstić information content (AvgIpc) is 2.38. The van der Waals surface area contributed by atoms with Gasteiger partial charge in [-0.05, 0) is 24.6 Å². The van der Waals surface area contributed by atoms with Gasteiger partial charge in [-0.1, -0.05) is 12.1 Å². The summed E-state index contributed by atoms with van der Waals surface area (Å²) in [5.41, 5.74) is 0.622. The molecule has 112 valence electrons. The molecule has 0 radical (unpaired) electrons. The summed E-state index contributed by atoms with van der Waals surface area (Å²) >= 11 is 0. The molecule has 0 aliphatic carbocycles. The van der Waals surface area contributed by atoms with Crippen LogP contribution in [0.1, 0.15) is 30.9 Å². The molecule has 7 heteroatoms. The van der Waals surface area contributed by atoms with Gasteiger partial charge in [-0.2, -0.15) is 5.26 Å². The smallest absolute Gasteiger partial charge is 0.383 e. The molecule has 0 bridgehead atoms. The van der Waals surface area contributed by atoms with Crippen LogP contribution in [0.25, 0.3) is 0 Å². The Kier molecular flexibility index (Phi) is 7.19. The quantitative estimate of drug-likeness (QED) is 0.351. The van der Waals surface area contributed by atoms with Crippen LogP contribution in [0.3, 0.4) is 0 Å². The third-order valence-corrected chi connectivity index (χ3v) is 2.48. The van der Waals surface area contributed by atoms with Gasteiger partial charge in [0.2, 0.25) is 0 Å². The number of nitrogens with zero attached hydrogens (tertiary/aromatic N) is 1. The third-order valence-electron chi connectivity index (χ3n) is 2.48. The number of nitriles is 1. The molecule has 6 nitrogen and oxygen atoms in total. The first-order valence-electron chi connectivity index (χ1n) is 5.64. The van der Waals surface area contributed by atoms with Crippen LogP contribution in [0.2, 0.25) is 0 Å². The van der Waals surface area contributed by atoms with E-state index in [1.54, 1.807) is 0 Å². The summed E-state index contributed by atoms with van der Waals surface area (Å²) in [6, 6.07) is 7.56. The van der Waals surface area contributed by atoms with Crippen LogP contribution < -0.4 is 0 Å². The molecular formula is C14H11NNiO5. The van der Waals surface area contributed by atoms with E-state index in [1.165, 1.54) is 24.3 Å². The molecule has 0 saturated heterocycles. The number of ether oxygens (including phenoxy) is 1. The van der Waals surface area contributed by atoms with E-state index in [4.69, 9.17) is 5.26 Å². The van der Waals surface area contributed by atoms with E-state index < -0.39 is 29.4 Å². The Bertz CT molecular complexity index is 615. The van der Waals surface area contributed by atoms with Crippen LogP contribution in [0.5, 0.6) is 0 Å². The average molecular weight is 332 g/mol. The van der Waals surface area contributed by atoms with Crippen molar-refractivity contribution in [3.8, 4) is 6.07 Å². The Morgan fingerprint density at radius 3 is 2.00 bits per heavy atom. The fourth-order valence-corrected chi connectivity index (χ4v) is 1.62. The van der Waals surface area contributed by atoms with Crippen LogP contribution in [-0.4, -0.2) is 23.5 Å². The van der Waals surface area contributed by atoms with Gasteiger partial charge in [-0.3, -0.25) is 14.4 Å². The Hall–Kier alpha value is -2.32. The van der Waals surface area contributed by atoms with Crippen molar-refractivity contribution in [2.24, 2.45) is 0 Å². The maximum atomic E-state index is 11.9. The molecule has 0 N–H and O–H groups in total. The zero-order valence-corrected chi connectivity index (χ0v) is 12.2. The summed E-state index contributed by atoms with van der Waals surface area (Å²) < 4.78 is 4.18. The number of carbonyl (C=O) groups excluding carboxylic acids is 4. The first-order chi connectivity index (χ1) is 9.36. The van der Waals surface area contributed by atoms with Gasteiger partial charge in [0.1, 0.15) is 11.7 Å². The Labute approximate surface area is 131 Å². The first kappa shape index (κ1) is 18.7. The predicted molar refractivity (Wildman–Crippen MR) is 66.4 cm³/mol. The SMILES string of the molecule is CC(=O)OC(=O)C(=O)C(C(C)=O)c1ccc(C#N)cc1.[Ni]. The number of carbonyl (C=O) groups is 4. The molecule has 0 fully saturated rings. The standard InChI is InChI=1S/C14H11NO5.Ni/c1-8(16)12(13(18)14(19)20-9(2)17)11-5-3-10(7-15)4-6-11;/h3-6,12H,1-2H3;. The van der Waals surface area contributed by atoms with Crippen molar-refractivity contribution < 1.29 is 40.4 Å². The van der Waals surface area contributed by atoms with Crippen molar-refractivity contribution in [2.45, 2.75) is 19.8 Å². The number of benzene rings is 1. The monoisotopic (exact) mass is 331 g/mol. The first-order valence-corrected chi connectivity index (χ1v) is 5.64. The minimum atomic E-state index is -1.37. The van der Waals surface area contributed by atoms with E-state index in [-0.39, 0.29) is 22.1 Å². The van der Waals surface area contributed by atoms with Crippen LogP contribution in [0, 0.1) is 11.3 Å². The fraction of sp³-hybridized carbons (Fsp3) is 0.214. The number of Topliss-reactive ketones (excluding diaryl/α,β-unsaturated/α-hetero) is 2. The molecule has 1 unspecified atom stereocenters. The van der Waals surface area contributed by atoms with E-state index in [0.717, 1.165) is 13.8 Å². The number of rotatable bonds is 4. The van der Waals surface area contributed by atoms with E-state index in [2.05, 4.69) is 4.74 Å². The summed E-state index contributed by atoms with van der Waals surface area (Å²) in [4.78, 5) is 45.5. The molecule has 1 aromatic rings. The zero-order valence-electron chi connectivity index (χ0n) is 11.2. The van der Waals surface area contributed by atoms with Gasteiger partial charge < -0.3 is 4.74 Å². The number of esters is 2. The second-order valence-corrected chi connectivity index (χ2v) is 4.02. The largest absolute Gasteiger partial charge is 0.387 e. The van der Waals surface area contributed by atoms with Crippen molar-refractivity contribution >= 4 is 23.5 Å². The zero-order chi connectivity index (χ0) is 15.3. The summed E-state index contributed by atoms with van der Waals surface area (Å²) in [5.74, 6) is -5.31. The predicted octanol–water partition coefficient (Wildman–Crippen LogP) is 0.887. The summed E-state index contributed by atoms with van der Waals surface area (Å²) in [6.45, 7) is 2.14. The van der Waals surface area contributed by atoms with Gasteiger partial charge in [-0.15, -0.1) is 0 Å². The van der Waals surface area contributed by atoms with Crippen LogP contribution in [0.4, 0.5) is 0 Å². The van der Waals surface area contributed by atoms with Gasteiger partial charge in [-0.25, -0.2) is 4.79 Å². The van der Waals surface area contributed by atoms with Crippen LogP contribution >= 0.6 is 0 Å². The van der Waals surface area contributed by atoms with Gasteiger partial charge in [0.05, 0.1) is 11.6 Å². The molecule has 0 spiro atoms. The fourth-order valence-electron chi connectivity index (χ4n) is 1.62. The van der Waals surface area contributed by atoms with Crippen LogP contribution in [0.15, 0.2) is 24.3 Å². The Morgan fingerprint density at radius 2 is 1.62 bits per heavy atom. The summed E-state index contributed by atoms with van der Waals surface area (Å²) in [7, 11) is 0. The van der Waals surface area contributed by atoms with E-state index in [0.29, 0.717) is 5.56 Å². The van der Waals surface area contributed by atoms with Gasteiger partial charge >= 0.3 is 11.9 Å². The Morgan fingerprint density at radius 1 is 1.10 bits per heavy atom. The van der Waals surface area contributed by atoms with E-state index in [9.17, 15) is 19.2 Å². The minimum Gasteiger partial charge on any atom is -0.387 e. The third kappa shape index (κ3) is 4.94. The number of hydrogen-bond donors (Lipinski definition) is 0. The molecule has 0 aromatic heterocycles.